The standard InChI is InChI=1S/C15H24N4/c1-10-9-16-11(2)15(17-10)18-12-7-13-5-4-6-14(8-12)19(13)3/h9,12-14H,4-8H2,1-3H3,(H,17,18). The van der Waals surface area contributed by atoms with E-state index < -0.39 is 0 Å². The Bertz CT molecular complexity index is 445. The van der Waals surface area contributed by atoms with Crippen LogP contribution in [0.2, 0.25) is 0 Å². The fourth-order valence-corrected chi connectivity index (χ4v) is 3.60. The number of rotatable bonds is 2. The third-order valence-corrected chi connectivity index (χ3v) is 4.76. The second-order valence-electron chi connectivity index (χ2n) is 6.16. The highest BCUT2D eigenvalue weighted by Gasteiger charge is 2.36. The summed E-state index contributed by atoms with van der Waals surface area (Å²) in [6.45, 7) is 4.03. The van der Waals surface area contributed by atoms with Crippen molar-refractivity contribution in [1.82, 2.24) is 14.9 Å². The predicted octanol–water partition coefficient (Wildman–Crippen LogP) is 2.52. The third kappa shape index (κ3) is 2.59. The zero-order valence-electron chi connectivity index (χ0n) is 12.2. The van der Waals surface area contributed by atoms with E-state index >= 15 is 0 Å². The lowest BCUT2D eigenvalue weighted by Gasteiger charge is -2.47. The molecule has 4 heteroatoms. The van der Waals surface area contributed by atoms with Crippen LogP contribution in [0.25, 0.3) is 0 Å². The van der Waals surface area contributed by atoms with Crippen molar-refractivity contribution < 1.29 is 0 Å². The quantitative estimate of drug-likeness (QED) is 0.887. The number of anilines is 1. The van der Waals surface area contributed by atoms with Crippen LogP contribution in [0.5, 0.6) is 0 Å². The van der Waals surface area contributed by atoms with Gasteiger partial charge in [-0.2, -0.15) is 0 Å². The number of hydrogen-bond acceptors (Lipinski definition) is 4. The van der Waals surface area contributed by atoms with Gasteiger partial charge in [0, 0.05) is 24.3 Å². The summed E-state index contributed by atoms with van der Waals surface area (Å²) in [6.07, 6.45) is 8.41. The van der Waals surface area contributed by atoms with Gasteiger partial charge in [-0.3, -0.25) is 4.98 Å². The van der Waals surface area contributed by atoms with Crippen LogP contribution in [0.1, 0.15) is 43.5 Å². The van der Waals surface area contributed by atoms with Gasteiger partial charge in [0.15, 0.2) is 0 Å². The molecule has 0 spiro atoms. The highest BCUT2D eigenvalue weighted by molar-refractivity contribution is 5.40. The molecule has 2 bridgehead atoms. The molecule has 2 atom stereocenters. The smallest absolute Gasteiger partial charge is 0.147 e. The number of aryl methyl sites for hydroxylation is 2. The SMILES string of the molecule is Cc1cnc(C)c(NC2CC3CCCC(C2)N3C)n1. The van der Waals surface area contributed by atoms with E-state index in [2.05, 4.69) is 27.2 Å². The van der Waals surface area contributed by atoms with Gasteiger partial charge in [-0.05, 0) is 46.6 Å². The van der Waals surface area contributed by atoms with Crippen molar-refractivity contribution in [3.8, 4) is 0 Å². The van der Waals surface area contributed by atoms with E-state index in [4.69, 9.17) is 0 Å². The fraction of sp³-hybridized carbons (Fsp3) is 0.733. The fourth-order valence-electron chi connectivity index (χ4n) is 3.60. The van der Waals surface area contributed by atoms with Gasteiger partial charge < -0.3 is 10.2 Å². The molecule has 0 saturated carbocycles. The summed E-state index contributed by atoms with van der Waals surface area (Å²) in [6, 6.07) is 2.06. The number of nitrogens with one attached hydrogen (secondary N) is 1. The summed E-state index contributed by atoms with van der Waals surface area (Å²) >= 11 is 0. The number of hydrogen-bond donors (Lipinski definition) is 1. The van der Waals surface area contributed by atoms with Gasteiger partial charge in [-0.15, -0.1) is 0 Å². The van der Waals surface area contributed by atoms with E-state index in [1.54, 1.807) is 0 Å². The lowest BCUT2D eigenvalue weighted by Crippen LogP contribution is -2.52. The van der Waals surface area contributed by atoms with Gasteiger partial charge in [-0.25, -0.2) is 4.98 Å². The number of piperidine rings is 2. The van der Waals surface area contributed by atoms with Gasteiger partial charge in [0.05, 0.1) is 11.4 Å². The van der Waals surface area contributed by atoms with Crippen LogP contribution in [0.15, 0.2) is 6.20 Å². The second-order valence-corrected chi connectivity index (χ2v) is 6.16. The van der Waals surface area contributed by atoms with Crippen LogP contribution in [0, 0.1) is 13.8 Å². The van der Waals surface area contributed by atoms with Crippen molar-refractivity contribution in [3.63, 3.8) is 0 Å². The third-order valence-electron chi connectivity index (χ3n) is 4.76. The molecule has 1 aromatic rings. The van der Waals surface area contributed by atoms with Crippen LogP contribution >= 0.6 is 0 Å². The highest BCUT2D eigenvalue weighted by atomic mass is 15.2. The van der Waals surface area contributed by atoms with Crippen molar-refractivity contribution in [2.24, 2.45) is 0 Å². The largest absolute Gasteiger partial charge is 0.366 e. The maximum absolute atomic E-state index is 4.59. The Morgan fingerprint density at radius 1 is 1.21 bits per heavy atom. The van der Waals surface area contributed by atoms with Gasteiger partial charge in [-0.1, -0.05) is 6.42 Å². The van der Waals surface area contributed by atoms with E-state index in [0.29, 0.717) is 6.04 Å². The van der Waals surface area contributed by atoms with Crippen LogP contribution in [-0.4, -0.2) is 40.0 Å². The first kappa shape index (κ1) is 12.9. The average Bonchev–Trinajstić information content (AvgIpc) is 2.35. The van der Waals surface area contributed by atoms with Gasteiger partial charge in [0.1, 0.15) is 5.82 Å². The lowest BCUT2D eigenvalue weighted by atomic mass is 9.82. The molecule has 0 aliphatic carbocycles. The molecular formula is C15H24N4. The molecule has 4 nitrogen and oxygen atoms in total. The van der Waals surface area contributed by atoms with E-state index in [1.165, 1.54) is 32.1 Å². The molecular weight excluding hydrogens is 236 g/mol. The predicted molar refractivity (Wildman–Crippen MR) is 77.3 cm³/mol. The Morgan fingerprint density at radius 2 is 1.89 bits per heavy atom. The monoisotopic (exact) mass is 260 g/mol. The molecule has 2 aliphatic heterocycles. The number of nitrogens with zero attached hydrogens (tertiary/aromatic N) is 3. The van der Waals surface area contributed by atoms with Crippen molar-refractivity contribution in [1.29, 1.82) is 0 Å². The van der Waals surface area contributed by atoms with E-state index in [0.717, 1.165) is 29.3 Å². The van der Waals surface area contributed by atoms with E-state index in [-0.39, 0.29) is 0 Å². The molecule has 1 aromatic heterocycles. The Hall–Kier alpha value is -1.16. The Kier molecular flexibility index (Phi) is 3.44. The first-order chi connectivity index (χ1) is 9.13. The Morgan fingerprint density at radius 3 is 2.58 bits per heavy atom. The number of fused-ring (bicyclic) bond motifs is 2. The van der Waals surface area contributed by atoms with Gasteiger partial charge in [0.2, 0.25) is 0 Å². The summed E-state index contributed by atoms with van der Waals surface area (Å²) in [5, 5.41) is 3.64. The molecule has 1 N–H and O–H groups in total. The summed E-state index contributed by atoms with van der Waals surface area (Å²) in [5.41, 5.74) is 2.00. The van der Waals surface area contributed by atoms with Crippen molar-refractivity contribution in [3.05, 3.63) is 17.6 Å². The number of aromatic nitrogens is 2. The van der Waals surface area contributed by atoms with Crippen LogP contribution in [-0.2, 0) is 0 Å². The first-order valence-corrected chi connectivity index (χ1v) is 7.42. The highest BCUT2D eigenvalue weighted by Crippen LogP contribution is 2.33. The topological polar surface area (TPSA) is 41.1 Å². The van der Waals surface area contributed by atoms with Gasteiger partial charge in [0.25, 0.3) is 0 Å². The van der Waals surface area contributed by atoms with Crippen LogP contribution in [0.3, 0.4) is 0 Å². The van der Waals surface area contributed by atoms with E-state index in [9.17, 15) is 0 Å². The maximum Gasteiger partial charge on any atom is 0.147 e. The normalized spacial score (nSPS) is 31.2. The molecule has 0 aromatic carbocycles. The van der Waals surface area contributed by atoms with Crippen molar-refractivity contribution in [2.75, 3.05) is 12.4 Å². The van der Waals surface area contributed by atoms with Crippen LogP contribution in [0.4, 0.5) is 5.82 Å². The summed E-state index contributed by atoms with van der Waals surface area (Å²) in [7, 11) is 2.29. The molecule has 3 heterocycles. The molecule has 0 amide bonds. The minimum Gasteiger partial charge on any atom is -0.366 e. The average molecular weight is 260 g/mol. The second kappa shape index (κ2) is 5.08. The summed E-state index contributed by atoms with van der Waals surface area (Å²) in [4.78, 5) is 11.6. The minimum atomic E-state index is 0.557. The van der Waals surface area contributed by atoms with Crippen molar-refractivity contribution >= 4 is 5.82 Å². The molecule has 104 valence electrons. The maximum atomic E-state index is 4.59. The zero-order valence-corrected chi connectivity index (χ0v) is 12.2. The minimum absolute atomic E-state index is 0.557. The molecule has 19 heavy (non-hydrogen) atoms. The first-order valence-electron chi connectivity index (χ1n) is 7.42. The van der Waals surface area contributed by atoms with Gasteiger partial charge >= 0.3 is 0 Å². The molecule has 2 aliphatic rings. The summed E-state index contributed by atoms with van der Waals surface area (Å²) in [5.74, 6) is 0.979. The van der Waals surface area contributed by atoms with Crippen molar-refractivity contribution in [2.45, 2.75) is 64.1 Å². The Labute approximate surface area is 115 Å². The molecule has 2 fully saturated rings. The lowest BCUT2D eigenvalue weighted by molar-refractivity contribution is 0.0607. The Balaban J connectivity index is 1.72. The molecule has 0 radical (unpaired) electrons. The summed E-state index contributed by atoms with van der Waals surface area (Å²) < 4.78 is 0. The zero-order chi connectivity index (χ0) is 13.4. The van der Waals surface area contributed by atoms with Crippen LogP contribution < -0.4 is 5.32 Å². The van der Waals surface area contributed by atoms with E-state index in [1.807, 2.05) is 20.0 Å². The molecule has 2 saturated heterocycles. The molecule has 2 unspecified atom stereocenters. The molecule has 3 rings (SSSR count).